The molecule has 5 rings (SSSR count). The first kappa shape index (κ1) is 20.9. The molecule has 3 aromatic carbocycles. The van der Waals surface area contributed by atoms with Crippen molar-refractivity contribution in [3.8, 4) is 0 Å². The van der Waals surface area contributed by atoms with Crippen molar-refractivity contribution in [3.63, 3.8) is 0 Å². The second kappa shape index (κ2) is 9.69. The molecule has 0 aliphatic carbocycles. The summed E-state index contributed by atoms with van der Waals surface area (Å²) in [6.07, 6.45) is 0.988. The number of anilines is 2. The average Bonchev–Trinajstić information content (AvgIpc) is 3.17. The second-order valence-corrected chi connectivity index (χ2v) is 9.11. The molecule has 5 nitrogen and oxygen atoms in total. The molecule has 32 heavy (non-hydrogen) atoms. The van der Waals surface area contributed by atoms with Gasteiger partial charge in [-0.1, -0.05) is 59.9 Å². The smallest absolute Gasteiger partial charge is 0.301 e. The third-order valence-corrected chi connectivity index (χ3v) is 7.02. The topological polar surface area (TPSA) is 31.7 Å². The van der Waals surface area contributed by atoms with Gasteiger partial charge in [0, 0.05) is 32.7 Å². The maximum absolute atomic E-state index is 12.4. The van der Waals surface area contributed by atoms with E-state index >= 15 is 0 Å². The monoisotopic (exact) mass is 444 g/mol. The number of hydrogen-bond acceptors (Lipinski definition) is 5. The van der Waals surface area contributed by atoms with Gasteiger partial charge in [-0.2, -0.15) is 0 Å². The lowest BCUT2D eigenvalue weighted by molar-refractivity contribution is 0.131. The minimum Gasteiger partial charge on any atom is -0.301 e. The second-order valence-electron chi connectivity index (χ2n) is 8.12. The van der Waals surface area contributed by atoms with E-state index in [1.54, 1.807) is 0 Å². The fourth-order valence-corrected chi connectivity index (χ4v) is 5.37. The molecule has 1 saturated heterocycles. The van der Waals surface area contributed by atoms with Gasteiger partial charge in [0.1, 0.15) is 0 Å². The molecule has 1 aliphatic heterocycles. The van der Waals surface area contributed by atoms with Crippen LogP contribution in [0.15, 0.2) is 89.7 Å². The third kappa shape index (κ3) is 4.48. The van der Waals surface area contributed by atoms with E-state index in [0.29, 0.717) is 0 Å². The van der Waals surface area contributed by atoms with Crippen molar-refractivity contribution < 1.29 is 0 Å². The molecule has 0 bridgehead atoms. The first-order valence-corrected chi connectivity index (χ1v) is 12.1. The SMILES string of the molecule is O=c1sc2ccccc2n1CCCN1CCN(N(c2ccccc2)c2ccccc2)CC1. The normalized spacial score (nSPS) is 15.2. The highest BCUT2D eigenvalue weighted by atomic mass is 32.1. The van der Waals surface area contributed by atoms with Crippen molar-refractivity contribution >= 4 is 32.9 Å². The number of hydrazine groups is 1. The zero-order chi connectivity index (χ0) is 21.8. The molecule has 0 amide bonds. The van der Waals surface area contributed by atoms with Crippen molar-refractivity contribution in [1.29, 1.82) is 0 Å². The van der Waals surface area contributed by atoms with Crippen LogP contribution in [0.1, 0.15) is 6.42 Å². The summed E-state index contributed by atoms with van der Waals surface area (Å²) in [7, 11) is 0. The Bertz CT molecular complexity index is 1160. The van der Waals surface area contributed by atoms with Gasteiger partial charge in [-0.05, 0) is 49.4 Å². The fourth-order valence-electron chi connectivity index (χ4n) is 4.45. The van der Waals surface area contributed by atoms with Gasteiger partial charge >= 0.3 is 4.87 Å². The average molecular weight is 445 g/mol. The van der Waals surface area contributed by atoms with Crippen LogP contribution in [0.25, 0.3) is 10.2 Å². The number of benzene rings is 3. The summed E-state index contributed by atoms with van der Waals surface area (Å²) in [6, 6.07) is 29.3. The Morgan fingerprint density at radius 1 is 0.719 bits per heavy atom. The van der Waals surface area contributed by atoms with E-state index in [4.69, 9.17) is 0 Å². The van der Waals surface area contributed by atoms with Crippen LogP contribution in [0.3, 0.4) is 0 Å². The molecule has 6 heteroatoms. The Hall–Kier alpha value is -2.93. The van der Waals surface area contributed by atoms with Crippen molar-refractivity contribution in [1.82, 2.24) is 14.5 Å². The maximum Gasteiger partial charge on any atom is 0.308 e. The van der Waals surface area contributed by atoms with Gasteiger partial charge in [0.05, 0.1) is 21.6 Å². The number of hydrogen-bond donors (Lipinski definition) is 0. The number of piperazine rings is 1. The fraction of sp³-hybridized carbons (Fsp3) is 0.269. The first-order valence-electron chi connectivity index (χ1n) is 11.3. The van der Waals surface area contributed by atoms with Crippen LogP contribution in [0, 0.1) is 0 Å². The summed E-state index contributed by atoms with van der Waals surface area (Å²) >= 11 is 1.35. The number of aromatic nitrogens is 1. The summed E-state index contributed by atoms with van der Waals surface area (Å²) in [5, 5.41) is 4.78. The van der Waals surface area contributed by atoms with Crippen LogP contribution in [0.4, 0.5) is 11.4 Å². The maximum atomic E-state index is 12.4. The van der Waals surface area contributed by atoms with Gasteiger partial charge in [-0.15, -0.1) is 0 Å². The quantitative estimate of drug-likeness (QED) is 0.409. The minimum atomic E-state index is 0.150. The lowest BCUT2D eigenvalue weighted by Gasteiger charge is -2.42. The Morgan fingerprint density at radius 3 is 1.97 bits per heavy atom. The highest BCUT2D eigenvalue weighted by Crippen LogP contribution is 2.27. The predicted molar refractivity (Wildman–Crippen MR) is 134 cm³/mol. The number of aryl methyl sites for hydroxylation is 1. The molecule has 1 fully saturated rings. The minimum absolute atomic E-state index is 0.150. The Labute approximate surface area is 192 Å². The van der Waals surface area contributed by atoms with Crippen LogP contribution in [0.2, 0.25) is 0 Å². The molecular weight excluding hydrogens is 416 g/mol. The van der Waals surface area contributed by atoms with Crippen LogP contribution in [-0.4, -0.2) is 47.2 Å². The van der Waals surface area contributed by atoms with Crippen molar-refractivity contribution in [2.24, 2.45) is 0 Å². The van der Waals surface area contributed by atoms with Gasteiger partial charge < -0.3 is 4.90 Å². The van der Waals surface area contributed by atoms with E-state index in [9.17, 15) is 4.79 Å². The molecule has 4 aromatic rings. The lowest BCUT2D eigenvalue weighted by Crippen LogP contribution is -2.52. The van der Waals surface area contributed by atoms with Crippen molar-refractivity contribution in [3.05, 3.63) is 94.6 Å². The number of fused-ring (bicyclic) bond motifs is 1. The molecule has 0 N–H and O–H groups in total. The number of para-hydroxylation sites is 3. The molecule has 1 aromatic heterocycles. The number of nitrogens with zero attached hydrogens (tertiary/aromatic N) is 4. The zero-order valence-corrected chi connectivity index (χ0v) is 19.0. The Balaban J connectivity index is 1.20. The van der Waals surface area contributed by atoms with E-state index in [1.807, 2.05) is 28.8 Å². The van der Waals surface area contributed by atoms with E-state index < -0.39 is 0 Å². The summed E-state index contributed by atoms with van der Waals surface area (Å²) in [6.45, 7) is 5.80. The first-order chi connectivity index (χ1) is 15.8. The van der Waals surface area contributed by atoms with Gasteiger partial charge in [0.25, 0.3) is 0 Å². The Morgan fingerprint density at radius 2 is 1.31 bits per heavy atom. The molecule has 0 saturated carbocycles. The van der Waals surface area contributed by atoms with E-state index in [1.165, 1.54) is 22.7 Å². The molecular formula is C26H28N4OS. The number of thiazole rings is 1. The third-order valence-electron chi connectivity index (χ3n) is 6.06. The van der Waals surface area contributed by atoms with Gasteiger partial charge in [0.15, 0.2) is 0 Å². The molecule has 0 unspecified atom stereocenters. The van der Waals surface area contributed by atoms with Gasteiger partial charge in [-0.3, -0.25) is 14.4 Å². The van der Waals surface area contributed by atoms with Gasteiger partial charge in [-0.25, -0.2) is 5.01 Å². The highest BCUT2D eigenvalue weighted by molar-refractivity contribution is 7.16. The van der Waals surface area contributed by atoms with E-state index in [0.717, 1.165) is 55.9 Å². The molecule has 0 radical (unpaired) electrons. The van der Waals surface area contributed by atoms with Crippen molar-refractivity contribution in [2.75, 3.05) is 37.7 Å². The Kier molecular flexibility index (Phi) is 6.34. The van der Waals surface area contributed by atoms with Crippen LogP contribution < -0.4 is 9.88 Å². The van der Waals surface area contributed by atoms with Crippen LogP contribution in [0.5, 0.6) is 0 Å². The van der Waals surface area contributed by atoms with Gasteiger partial charge in [0.2, 0.25) is 0 Å². The molecule has 0 spiro atoms. The summed E-state index contributed by atoms with van der Waals surface area (Å²) in [4.78, 5) is 15.0. The van der Waals surface area contributed by atoms with E-state index in [2.05, 4.69) is 75.6 Å². The summed E-state index contributed by atoms with van der Waals surface area (Å²) < 4.78 is 3.01. The van der Waals surface area contributed by atoms with Crippen LogP contribution >= 0.6 is 11.3 Å². The van der Waals surface area contributed by atoms with Crippen LogP contribution in [-0.2, 0) is 6.54 Å². The molecule has 164 valence electrons. The number of rotatable bonds is 7. The molecule has 0 atom stereocenters. The summed E-state index contributed by atoms with van der Waals surface area (Å²) in [5.74, 6) is 0. The summed E-state index contributed by atoms with van der Waals surface area (Å²) in [5.41, 5.74) is 3.44. The molecule has 2 heterocycles. The largest absolute Gasteiger partial charge is 0.308 e. The lowest BCUT2D eigenvalue weighted by atomic mass is 10.2. The predicted octanol–water partition coefficient (Wildman–Crippen LogP) is 4.82. The molecule has 1 aliphatic rings. The highest BCUT2D eigenvalue weighted by Gasteiger charge is 2.23. The van der Waals surface area contributed by atoms with E-state index in [-0.39, 0.29) is 4.87 Å². The van der Waals surface area contributed by atoms with Crippen molar-refractivity contribution in [2.45, 2.75) is 13.0 Å². The standard InChI is InChI=1S/C26H28N4OS/c31-26-29(24-14-7-8-15-25(24)32-26)17-9-16-27-18-20-28(21-19-27)30(22-10-3-1-4-11-22)23-12-5-2-6-13-23/h1-8,10-15H,9,16-21H2. The zero-order valence-electron chi connectivity index (χ0n) is 18.1.